The first-order valence-corrected chi connectivity index (χ1v) is 6.42. The van der Waals surface area contributed by atoms with Crippen molar-refractivity contribution in [2.75, 3.05) is 18.0 Å². The van der Waals surface area contributed by atoms with Gasteiger partial charge in [0.25, 0.3) is 0 Å². The van der Waals surface area contributed by atoms with Crippen LogP contribution in [0.3, 0.4) is 0 Å². The lowest BCUT2D eigenvalue weighted by molar-refractivity contribution is -0.141. The summed E-state index contributed by atoms with van der Waals surface area (Å²) in [7, 11) is 0. The Morgan fingerprint density at radius 1 is 1.32 bits per heavy atom. The van der Waals surface area contributed by atoms with Crippen LogP contribution < -0.4 is 4.90 Å². The molecule has 1 aliphatic rings. The summed E-state index contributed by atoms with van der Waals surface area (Å²) in [6.07, 6.45) is -2.53. The van der Waals surface area contributed by atoms with Crippen molar-refractivity contribution in [2.45, 2.75) is 32.9 Å². The smallest absolute Gasteiger partial charge is 0.356 e. The van der Waals surface area contributed by atoms with Crippen LogP contribution in [-0.2, 0) is 6.18 Å². The van der Waals surface area contributed by atoms with Crippen LogP contribution in [0.4, 0.5) is 19.0 Å². The summed E-state index contributed by atoms with van der Waals surface area (Å²) < 4.78 is 38.1. The average molecular weight is 294 g/mol. The van der Waals surface area contributed by atoms with Gasteiger partial charge in [-0.15, -0.1) is 0 Å². The highest BCUT2D eigenvalue weighted by Crippen LogP contribution is 2.34. The Hall–Kier alpha value is -1.04. The quantitative estimate of drug-likeness (QED) is 0.738. The number of rotatable bonds is 1. The third-order valence-electron chi connectivity index (χ3n) is 3.20. The molecule has 0 bridgehead atoms. The van der Waals surface area contributed by atoms with Crippen LogP contribution >= 0.6 is 11.6 Å². The van der Waals surface area contributed by atoms with Crippen molar-refractivity contribution >= 4 is 17.4 Å². The molecule has 0 aromatic carbocycles. The second kappa shape index (κ2) is 4.81. The summed E-state index contributed by atoms with van der Waals surface area (Å²) >= 11 is 5.60. The molecule has 1 fully saturated rings. The van der Waals surface area contributed by atoms with Gasteiger partial charge in [-0.05, 0) is 29.9 Å². The first-order valence-electron chi connectivity index (χ1n) is 6.04. The number of nitrogens with zero attached hydrogens (tertiary/aromatic N) is 3. The van der Waals surface area contributed by atoms with Crippen LogP contribution in [0, 0.1) is 5.41 Å². The van der Waals surface area contributed by atoms with Gasteiger partial charge in [-0.1, -0.05) is 13.8 Å². The molecule has 0 N–H and O–H groups in total. The second-order valence-electron chi connectivity index (χ2n) is 5.57. The minimum absolute atomic E-state index is 0.0636. The van der Waals surface area contributed by atoms with E-state index in [2.05, 4.69) is 23.8 Å². The fourth-order valence-corrected chi connectivity index (χ4v) is 2.51. The molecule has 106 valence electrons. The molecule has 3 nitrogen and oxygen atoms in total. The third-order valence-corrected chi connectivity index (χ3v) is 3.37. The molecular weight excluding hydrogens is 279 g/mol. The van der Waals surface area contributed by atoms with Crippen molar-refractivity contribution in [3.05, 3.63) is 17.0 Å². The molecule has 19 heavy (non-hydrogen) atoms. The van der Waals surface area contributed by atoms with Gasteiger partial charge in [-0.25, -0.2) is 9.97 Å². The molecule has 1 aromatic rings. The highest BCUT2D eigenvalue weighted by Gasteiger charge is 2.35. The van der Waals surface area contributed by atoms with Crippen LogP contribution in [-0.4, -0.2) is 23.1 Å². The Labute approximate surface area is 114 Å². The van der Waals surface area contributed by atoms with Crippen molar-refractivity contribution in [3.63, 3.8) is 0 Å². The molecule has 7 heteroatoms. The van der Waals surface area contributed by atoms with Crippen molar-refractivity contribution in [2.24, 2.45) is 5.41 Å². The van der Waals surface area contributed by atoms with Gasteiger partial charge in [0.2, 0.25) is 5.28 Å². The van der Waals surface area contributed by atoms with Crippen molar-refractivity contribution in [1.29, 1.82) is 0 Å². The molecule has 2 rings (SSSR count). The van der Waals surface area contributed by atoms with Crippen LogP contribution in [0.15, 0.2) is 6.07 Å². The number of halogens is 4. The average Bonchev–Trinajstić information content (AvgIpc) is 2.25. The predicted molar refractivity (Wildman–Crippen MR) is 67.3 cm³/mol. The molecular formula is C12H15ClF3N3. The minimum Gasteiger partial charge on any atom is -0.356 e. The maximum Gasteiger partial charge on any atom is 0.433 e. The molecule has 0 radical (unpaired) electrons. The van der Waals surface area contributed by atoms with Gasteiger partial charge in [0, 0.05) is 19.2 Å². The van der Waals surface area contributed by atoms with Crippen LogP contribution in [0.25, 0.3) is 0 Å². The molecule has 1 saturated heterocycles. The van der Waals surface area contributed by atoms with Gasteiger partial charge < -0.3 is 4.90 Å². The van der Waals surface area contributed by atoms with Gasteiger partial charge >= 0.3 is 6.18 Å². The number of hydrogen-bond donors (Lipinski definition) is 0. The Kier molecular flexibility index (Phi) is 3.64. The van der Waals surface area contributed by atoms with Gasteiger partial charge in [0.1, 0.15) is 5.82 Å². The van der Waals surface area contributed by atoms with E-state index in [1.54, 1.807) is 0 Å². The van der Waals surface area contributed by atoms with Gasteiger partial charge in [0.05, 0.1) is 0 Å². The standard InChI is InChI=1S/C12H15ClF3N3/c1-11(2)4-3-5-19(7-11)9-6-8(12(14,15)16)17-10(13)18-9/h6H,3-5,7H2,1-2H3. The van der Waals surface area contributed by atoms with Gasteiger partial charge in [-0.3, -0.25) is 0 Å². The molecule has 1 aliphatic heterocycles. The zero-order chi connectivity index (χ0) is 14.3. The topological polar surface area (TPSA) is 29.0 Å². The molecule has 0 unspecified atom stereocenters. The summed E-state index contributed by atoms with van der Waals surface area (Å²) in [4.78, 5) is 9.00. The summed E-state index contributed by atoms with van der Waals surface area (Å²) in [6.45, 7) is 5.53. The highest BCUT2D eigenvalue weighted by molar-refractivity contribution is 6.28. The maximum absolute atomic E-state index is 12.7. The molecule has 2 heterocycles. The summed E-state index contributed by atoms with van der Waals surface area (Å²) in [6, 6.07) is 0.966. The first kappa shape index (κ1) is 14.4. The lowest BCUT2D eigenvalue weighted by atomic mass is 9.84. The lowest BCUT2D eigenvalue weighted by Crippen LogP contribution is -2.40. The van der Waals surface area contributed by atoms with E-state index in [9.17, 15) is 13.2 Å². The van der Waals surface area contributed by atoms with Crippen molar-refractivity contribution < 1.29 is 13.2 Å². The molecule has 0 amide bonds. The maximum atomic E-state index is 12.7. The van der Waals surface area contributed by atoms with E-state index in [-0.39, 0.29) is 16.5 Å². The molecule has 0 aliphatic carbocycles. The van der Waals surface area contributed by atoms with E-state index in [1.165, 1.54) is 0 Å². The van der Waals surface area contributed by atoms with E-state index in [0.29, 0.717) is 13.1 Å². The van der Waals surface area contributed by atoms with E-state index < -0.39 is 11.9 Å². The Balaban J connectivity index is 2.32. The van der Waals surface area contributed by atoms with Gasteiger partial charge in [-0.2, -0.15) is 13.2 Å². The zero-order valence-electron chi connectivity index (χ0n) is 10.8. The predicted octanol–water partition coefficient (Wildman–Crippen LogP) is 3.78. The van der Waals surface area contributed by atoms with Crippen LogP contribution in [0.1, 0.15) is 32.4 Å². The van der Waals surface area contributed by atoms with Crippen LogP contribution in [0.5, 0.6) is 0 Å². The largest absolute Gasteiger partial charge is 0.433 e. The zero-order valence-corrected chi connectivity index (χ0v) is 11.5. The monoisotopic (exact) mass is 293 g/mol. The lowest BCUT2D eigenvalue weighted by Gasteiger charge is -2.38. The first-order chi connectivity index (χ1) is 8.67. The van der Waals surface area contributed by atoms with Gasteiger partial charge in [0.15, 0.2) is 5.69 Å². The van der Waals surface area contributed by atoms with E-state index in [4.69, 9.17) is 11.6 Å². The Morgan fingerprint density at radius 3 is 2.58 bits per heavy atom. The van der Waals surface area contributed by atoms with E-state index >= 15 is 0 Å². The fourth-order valence-electron chi connectivity index (χ4n) is 2.33. The molecule has 0 saturated carbocycles. The normalized spacial score (nSPS) is 19.6. The van der Waals surface area contributed by atoms with E-state index in [1.807, 2.05) is 4.90 Å². The summed E-state index contributed by atoms with van der Waals surface area (Å²) in [5.74, 6) is 0.250. The second-order valence-corrected chi connectivity index (χ2v) is 5.91. The number of hydrogen-bond acceptors (Lipinski definition) is 3. The highest BCUT2D eigenvalue weighted by atomic mass is 35.5. The fraction of sp³-hybridized carbons (Fsp3) is 0.667. The molecule has 1 aromatic heterocycles. The van der Waals surface area contributed by atoms with Crippen molar-refractivity contribution in [3.8, 4) is 0 Å². The Bertz CT molecular complexity index is 474. The van der Waals surface area contributed by atoms with Crippen LogP contribution in [0.2, 0.25) is 5.28 Å². The minimum atomic E-state index is -4.51. The summed E-state index contributed by atoms with van der Waals surface area (Å²) in [5, 5.41) is -0.367. The molecule has 0 atom stereocenters. The number of piperidine rings is 1. The molecule has 0 spiro atoms. The van der Waals surface area contributed by atoms with E-state index in [0.717, 1.165) is 18.9 Å². The summed E-state index contributed by atoms with van der Waals surface area (Å²) in [5.41, 5.74) is -0.931. The number of alkyl halides is 3. The number of anilines is 1. The number of aromatic nitrogens is 2. The van der Waals surface area contributed by atoms with Crippen molar-refractivity contribution in [1.82, 2.24) is 9.97 Å². The Morgan fingerprint density at radius 2 is 2.00 bits per heavy atom. The third kappa shape index (κ3) is 3.49. The SMILES string of the molecule is CC1(C)CCCN(c2cc(C(F)(F)F)nc(Cl)n2)C1.